The molecule has 0 atom stereocenters. The average molecular weight is 378 g/mol. The van der Waals surface area contributed by atoms with Gasteiger partial charge >= 0.3 is 0 Å². The van der Waals surface area contributed by atoms with Crippen LogP contribution in [0.4, 0.5) is 5.69 Å². The Hall–Kier alpha value is -3.22. The molecule has 28 heavy (non-hydrogen) atoms. The number of hydrogen-bond donors (Lipinski definition) is 0. The standard InChI is InChI=1S/C21H22N4O3/c26-19-5-6-20(27)25(19)15-16-1-3-17(4-2-16)21(28)24-13-11-23(12-14-24)18-7-9-22-10-8-18/h1-4,7-10H,5-6,11-15H2. The zero-order valence-electron chi connectivity index (χ0n) is 15.6. The van der Waals surface area contributed by atoms with Crippen molar-refractivity contribution >= 4 is 23.4 Å². The molecule has 0 saturated carbocycles. The van der Waals surface area contributed by atoms with E-state index >= 15 is 0 Å². The third-order valence-corrected chi connectivity index (χ3v) is 5.29. The fourth-order valence-corrected chi connectivity index (χ4v) is 3.64. The van der Waals surface area contributed by atoms with Gasteiger partial charge < -0.3 is 9.80 Å². The minimum Gasteiger partial charge on any atom is -0.368 e. The summed E-state index contributed by atoms with van der Waals surface area (Å²) in [6.45, 7) is 3.18. The predicted octanol–water partition coefficient (Wildman–Crippen LogP) is 1.69. The first-order chi connectivity index (χ1) is 13.6. The van der Waals surface area contributed by atoms with Gasteiger partial charge in [0.25, 0.3) is 5.91 Å². The van der Waals surface area contributed by atoms with Crippen molar-refractivity contribution < 1.29 is 14.4 Å². The van der Waals surface area contributed by atoms with E-state index in [0.717, 1.165) is 24.3 Å². The van der Waals surface area contributed by atoms with Crippen LogP contribution in [0.15, 0.2) is 48.8 Å². The number of benzene rings is 1. The number of amides is 3. The molecule has 2 saturated heterocycles. The van der Waals surface area contributed by atoms with Crippen LogP contribution in [-0.2, 0) is 16.1 Å². The lowest BCUT2D eigenvalue weighted by atomic mass is 10.1. The molecule has 2 aliphatic rings. The first-order valence-corrected chi connectivity index (χ1v) is 9.48. The van der Waals surface area contributed by atoms with Crippen molar-refractivity contribution in [1.82, 2.24) is 14.8 Å². The number of nitrogens with zero attached hydrogens (tertiary/aromatic N) is 4. The van der Waals surface area contributed by atoms with E-state index in [1.807, 2.05) is 29.2 Å². The molecule has 7 nitrogen and oxygen atoms in total. The second-order valence-electron chi connectivity index (χ2n) is 7.06. The largest absolute Gasteiger partial charge is 0.368 e. The number of carbonyl (C=O) groups is 3. The fraction of sp³-hybridized carbons (Fsp3) is 0.333. The number of aromatic nitrogens is 1. The number of piperazine rings is 1. The molecule has 3 amide bonds. The highest BCUT2D eigenvalue weighted by Gasteiger charge is 2.28. The maximum Gasteiger partial charge on any atom is 0.253 e. The Morgan fingerprint density at radius 3 is 2.07 bits per heavy atom. The number of imide groups is 1. The summed E-state index contributed by atoms with van der Waals surface area (Å²) in [4.78, 5) is 45.7. The van der Waals surface area contributed by atoms with Crippen LogP contribution < -0.4 is 4.90 Å². The Morgan fingerprint density at radius 2 is 1.46 bits per heavy atom. The zero-order valence-corrected chi connectivity index (χ0v) is 15.6. The SMILES string of the molecule is O=C(c1ccc(CN2C(=O)CCC2=O)cc1)N1CCN(c2ccncc2)CC1. The van der Waals surface area contributed by atoms with E-state index in [2.05, 4.69) is 9.88 Å². The predicted molar refractivity (Wildman–Crippen MR) is 104 cm³/mol. The van der Waals surface area contributed by atoms with Gasteiger partial charge in [-0.25, -0.2) is 0 Å². The highest BCUT2D eigenvalue weighted by Crippen LogP contribution is 2.18. The van der Waals surface area contributed by atoms with Gasteiger partial charge in [-0.3, -0.25) is 24.3 Å². The summed E-state index contributed by atoms with van der Waals surface area (Å²) in [6.07, 6.45) is 4.14. The van der Waals surface area contributed by atoms with Crippen LogP contribution in [0.5, 0.6) is 0 Å². The van der Waals surface area contributed by atoms with Crippen molar-refractivity contribution in [2.45, 2.75) is 19.4 Å². The Bertz CT molecular complexity index is 858. The average Bonchev–Trinajstić information content (AvgIpc) is 3.06. The van der Waals surface area contributed by atoms with Gasteiger partial charge in [0.15, 0.2) is 0 Å². The number of hydrogen-bond acceptors (Lipinski definition) is 5. The number of anilines is 1. The van der Waals surface area contributed by atoms with Gasteiger partial charge in [0, 0.05) is 62.7 Å². The molecule has 4 rings (SSSR count). The van der Waals surface area contributed by atoms with Crippen molar-refractivity contribution in [3.63, 3.8) is 0 Å². The van der Waals surface area contributed by atoms with E-state index in [1.165, 1.54) is 4.90 Å². The van der Waals surface area contributed by atoms with Crippen LogP contribution in [-0.4, -0.2) is 58.7 Å². The summed E-state index contributed by atoms with van der Waals surface area (Å²) in [5, 5.41) is 0. The highest BCUT2D eigenvalue weighted by molar-refractivity contribution is 6.01. The Kier molecular flexibility index (Phi) is 5.06. The molecule has 0 spiro atoms. The molecule has 1 aromatic carbocycles. The molecular formula is C21H22N4O3. The summed E-state index contributed by atoms with van der Waals surface area (Å²) >= 11 is 0. The van der Waals surface area contributed by atoms with Crippen LogP contribution in [0.25, 0.3) is 0 Å². The van der Waals surface area contributed by atoms with Crippen molar-refractivity contribution in [2.75, 3.05) is 31.1 Å². The minimum absolute atomic E-state index is 0.00857. The molecule has 144 valence electrons. The third-order valence-electron chi connectivity index (χ3n) is 5.29. The minimum atomic E-state index is -0.128. The van der Waals surface area contributed by atoms with Crippen LogP contribution in [0.2, 0.25) is 0 Å². The van der Waals surface area contributed by atoms with Crippen molar-refractivity contribution in [2.24, 2.45) is 0 Å². The highest BCUT2D eigenvalue weighted by atomic mass is 16.2. The maximum absolute atomic E-state index is 12.8. The lowest BCUT2D eigenvalue weighted by Gasteiger charge is -2.36. The lowest BCUT2D eigenvalue weighted by Crippen LogP contribution is -2.48. The van der Waals surface area contributed by atoms with E-state index in [-0.39, 0.29) is 24.3 Å². The molecule has 0 N–H and O–H groups in total. The van der Waals surface area contributed by atoms with Crippen LogP contribution >= 0.6 is 0 Å². The Labute approximate surface area is 163 Å². The Balaban J connectivity index is 1.35. The fourth-order valence-electron chi connectivity index (χ4n) is 3.64. The summed E-state index contributed by atoms with van der Waals surface area (Å²) in [5.41, 5.74) is 2.60. The molecule has 3 heterocycles. The molecule has 2 aromatic rings. The molecule has 1 aromatic heterocycles. The molecule has 2 fully saturated rings. The van der Waals surface area contributed by atoms with E-state index in [1.54, 1.807) is 24.5 Å². The van der Waals surface area contributed by atoms with Gasteiger partial charge in [-0.1, -0.05) is 12.1 Å². The molecule has 0 bridgehead atoms. The molecular weight excluding hydrogens is 356 g/mol. The maximum atomic E-state index is 12.8. The lowest BCUT2D eigenvalue weighted by molar-refractivity contribution is -0.139. The van der Waals surface area contributed by atoms with Crippen molar-refractivity contribution in [3.05, 3.63) is 59.9 Å². The number of carbonyl (C=O) groups excluding carboxylic acids is 3. The van der Waals surface area contributed by atoms with Crippen LogP contribution in [0, 0.1) is 0 Å². The van der Waals surface area contributed by atoms with E-state index in [9.17, 15) is 14.4 Å². The van der Waals surface area contributed by atoms with Gasteiger partial charge in [0.1, 0.15) is 0 Å². The second-order valence-corrected chi connectivity index (χ2v) is 7.06. The second kappa shape index (κ2) is 7.80. The van der Waals surface area contributed by atoms with Crippen molar-refractivity contribution in [3.8, 4) is 0 Å². The summed E-state index contributed by atoms with van der Waals surface area (Å²) < 4.78 is 0. The molecule has 7 heteroatoms. The molecule has 0 unspecified atom stereocenters. The van der Waals surface area contributed by atoms with E-state index in [4.69, 9.17) is 0 Å². The van der Waals surface area contributed by atoms with Gasteiger partial charge in [-0.15, -0.1) is 0 Å². The topological polar surface area (TPSA) is 73.8 Å². The van der Waals surface area contributed by atoms with Gasteiger partial charge in [0.2, 0.25) is 11.8 Å². The number of rotatable bonds is 4. The van der Waals surface area contributed by atoms with Gasteiger partial charge in [-0.05, 0) is 29.8 Å². The zero-order chi connectivity index (χ0) is 19.5. The quantitative estimate of drug-likeness (QED) is 0.757. The van der Waals surface area contributed by atoms with Gasteiger partial charge in [-0.2, -0.15) is 0 Å². The molecule has 0 aliphatic carbocycles. The number of likely N-dealkylation sites (tertiary alicyclic amines) is 1. The Morgan fingerprint density at radius 1 is 0.857 bits per heavy atom. The first-order valence-electron chi connectivity index (χ1n) is 9.48. The molecule has 2 aliphatic heterocycles. The summed E-state index contributed by atoms with van der Waals surface area (Å²) in [7, 11) is 0. The summed E-state index contributed by atoms with van der Waals surface area (Å²) in [5.74, 6) is -0.247. The van der Waals surface area contributed by atoms with Crippen LogP contribution in [0.3, 0.4) is 0 Å². The van der Waals surface area contributed by atoms with Crippen molar-refractivity contribution in [1.29, 1.82) is 0 Å². The summed E-state index contributed by atoms with van der Waals surface area (Å²) in [6, 6.07) is 11.1. The van der Waals surface area contributed by atoms with E-state index < -0.39 is 0 Å². The molecule has 0 radical (unpaired) electrons. The van der Waals surface area contributed by atoms with Crippen LogP contribution in [0.1, 0.15) is 28.8 Å². The normalized spacial score (nSPS) is 17.4. The third kappa shape index (κ3) is 3.74. The van der Waals surface area contributed by atoms with E-state index in [0.29, 0.717) is 31.5 Å². The van der Waals surface area contributed by atoms with Gasteiger partial charge in [0.05, 0.1) is 6.54 Å². The first kappa shape index (κ1) is 18.2. The number of pyridine rings is 1. The smallest absolute Gasteiger partial charge is 0.253 e. The monoisotopic (exact) mass is 378 g/mol.